The zero-order valence-electron chi connectivity index (χ0n) is 10.3. The highest BCUT2D eigenvalue weighted by molar-refractivity contribution is 8.00. The minimum atomic E-state index is 0.575. The maximum Gasteiger partial charge on any atom is 0.0410 e. The molecule has 2 unspecified atom stereocenters. The van der Waals surface area contributed by atoms with Crippen LogP contribution in [0.25, 0.3) is 0 Å². The SMILES string of the molecule is CC1CCCC(Sc2ccc(Cl)cc2CN)C1. The third-order valence-corrected chi connectivity index (χ3v) is 5.07. The van der Waals surface area contributed by atoms with Crippen LogP contribution in [0.3, 0.4) is 0 Å². The smallest absolute Gasteiger partial charge is 0.0410 e. The van der Waals surface area contributed by atoms with Gasteiger partial charge < -0.3 is 5.73 Å². The van der Waals surface area contributed by atoms with Crippen molar-refractivity contribution in [3.8, 4) is 0 Å². The van der Waals surface area contributed by atoms with Crippen molar-refractivity contribution in [2.45, 2.75) is 49.3 Å². The van der Waals surface area contributed by atoms with Crippen LogP contribution in [-0.4, -0.2) is 5.25 Å². The second-order valence-electron chi connectivity index (χ2n) is 4.97. The van der Waals surface area contributed by atoms with Crippen molar-refractivity contribution in [2.24, 2.45) is 11.7 Å². The lowest BCUT2D eigenvalue weighted by molar-refractivity contribution is 0.394. The van der Waals surface area contributed by atoms with Crippen LogP contribution >= 0.6 is 23.4 Å². The fraction of sp³-hybridized carbons (Fsp3) is 0.571. The Balaban J connectivity index is 2.07. The summed E-state index contributed by atoms with van der Waals surface area (Å²) >= 11 is 7.99. The molecule has 2 atom stereocenters. The predicted molar refractivity (Wildman–Crippen MR) is 76.6 cm³/mol. The van der Waals surface area contributed by atoms with Gasteiger partial charge in [0, 0.05) is 21.7 Å². The third kappa shape index (κ3) is 3.64. The average Bonchev–Trinajstić information content (AvgIpc) is 2.31. The summed E-state index contributed by atoms with van der Waals surface area (Å²) in [6.07, 6.45) is 5.42. The zero-order chi connectivity index (χ0) is 12.3. The van der Waals surface area contributed by atoms with E-state index < -0.39 is 0 Å². The number of nitrogens with two attached hydrogens (primary N) is 1. The van der Waals surface area contributed by atoms with E-state index in [2.05, 4.69) is 13.0 Å². The van der Waals surface area contributed by atoms with Crippen LogP contribution < -0.4 is 5.73 Å². The molecule has 0 saturated heterocycles. The van der Waals surface area contributed by atoms with Crippen LogP contribution in [0.4, 0.5) is 0 Å². The van der Waals surface area contributed by atoms with Gasteiger partial charge in [0.1, 0.15) is 0 Å². The third-order valence-electron chi connectivity index (χ3n) is 3.42. The molecule has 3 heteroatoms. The molecule has 0 spiro atoms. The summed E-state index contributed by atoms with van der Waals surface area (Å²) in [4.78, 5) is 1.32. The molecular formula is C14H20ClNS. The number of hydrogen-bond acceptors (Lipinski definition) is 2. The molecule has 2 rings (SSSR count). The summed E-state index contributed by atoms with van der Waals surface area (Å²) in [7, 11) is 0. The van der Waals surface area contributed by atoms with Gasteiger partial charge in [-0.25, -0.2) is 0 Å². The average molecular weight is 270 g/mol. The highest BCUT2D eigenvalue weighted by Gasteiger charge is 2.20. The van der Waals surface area contributed by atoms with Crippen molar-refractivity contribution < 1.29 is 0 Å². The van der Waals surface area contributed by atoms with Crippen LogP contribution in [0.15, 0.2) is 23.1 Å². The summed E-state index contributed by atoms with van der Waals surface area (Å²) in [6.45, 7) is 2.93. The van der Waals surface area contributed by atoms with E-state index in [1.807, 2.05) is 23.9 Å². The summed E-state index contributed by atoms with van der Waals surface area (Å²) in [5.41, 5.74) is 6.96. The highest BCUT2D eigenvalue weighted by Crippen LogP contribution is 2.37. The molecule has 2 N–H and O–H groups in total. The molecule has 1 aliphatic rings. The van der Waals surface area contributed by atoms with Crippen molar-refractivity contribution in [2.75, 3.05) is 0 Å². The van der Waals surface area contributed by atoms with E-state index >= 15 is 0 Å². The molecule has 0 heterocycles. The molecule has 0 aliphatic heterocycles. The van der Waals surface area contributed by atoms with Crippen LogP contribution in [0.2, 0.25) is 5.02 Å². The van der Waals surface area contributed by atoms with E-state index in [1.165, 1.54) is 36.1 Å². The molecule has 1 saturated carbocycles. The van der Waals surface area contributed by atoms with Gasteiger partial charge >= 0.3 is 0 Å². The summed E-state index contributed by atoms with van der Waals surface area (Å²) in [5, 5.41) is 1.54. The number of halogens is 1. The molecule has 1 nitrogen and oxygen atoms in total. The maximum absolute atomic E-state index is 6.00. The van der Waals surface area contributed by atoms with E-state index in [-0.39, 0.29) is 0 Å². The Morgan fingerprint density at radius 2 is 2.24 bits per heavy atom. The van der Waals surface area contributed by atoms with E-state index in [9.17, 15) is 0 Å². The Hall–Kier alpha value is -0.180. The molecule has 1 aliphatic carbocycles. The molecule has 1 aromatic carbocycles. The first-order chi connectivity index (χ1) is 8.19. The maximum atomic E-state index is 6.00. The second kappa shape index (κ2) is 6.12. The lowest BCUT2D eigenvalue weighted by atomic mass is 9.91. The molecule has 0 radical (unpaired) electrons. The van der Waals surface area contributed by atoms with Crippen molar-refractivity contribution in [1.82, 2.24) is 0 Å². The first-order valence-electron chi connectivity index (χ1n) is 6.34. The van der Waals surface area contributed by atoms with Crippen molar-refractivity contribution in [3.05, 3.63) is 28.8 Å². The largest absolute Gasteiger partial charge is 0.326 e. The normalized spacial score (nSPS) is 24.9. The summed E-state index contributed by atoms with van der Waals surface area (Å²) in [5.74, 6) is 0.870. The monoisotopic (exact) mass is 269 g/mol. The highest BCUT2D eigenvalue weighted by atomic mass is 35.5. The van der Waals surface area contributed by atoms with Gasteiger partial charge in [0.2, 0.25) is 0 Å². The van der Waals surface area contributed by atoms with Gasteiger partial charge in [0.15, 0.2) is 0 Å². The molecule has 0 amide bonds. The number of hydrogen-bond donors (Lipinski definition) is 1. The molecule has 0 aromatic heterocycles. The second-order valence-corrected chi connectivity index (χ2v) is 6.75. The minimum absolute atomic E-state index is 0.575. The lowest BCUT2D eigenvalue weighted by Crippen LogP contribution is -2.15. The van der Waals surface area contributed by atoms with Gasteiger partial charge in [0.05, 0.1) is 0 Å². The van der Waals surface area contributed by atoms with Gasteiger partial charge in [-0.3, -0.25) is 0 Å². The van der Waals surface area contributed by atoms with E-state index in [1.54, 1.807) is 0 Å². The van der Waals surface area contributed by atoms with E-state index in [0.29, 0.717) is 6.54 Å². The minimum Gasteiger partial charge on any atom is -0.326 e. The first kappa shape index (κ1) is 13.3. The van der Waals surface area contributed by atoms with Gasteiger partial charge in [-0.05, 0) is 42.5 Å². The van der Waals surface area contributed by atoms with Crippen LogP contribution in [-0.2, 0) is 6.54 Å². The Morgan fingerprint density at radius 3 is 2.94 bits per heavy atom. The van der Waals surface area contributed by atoms with Crippen LogP contribution in [0.1, 0.15) is 38.2 Å². The van der Waals surface area contributed by atoms with Gasteiger partial charge in [-0.1, -0.05) is 31.4 Å². The van der Waals surface area contributed by atoms with Gasteiger partial charge in [-0.15, -0.1) is 11.8 Å². The fourth-order valence-corrected chi connectivity index (χ4v) is 4.19. The number of thioether (sulfide) groups is 1. The summed E-state index contributed by atoms with van der Waals surface area (Å²) in [6, 6.07) is 6.08. The van der Waals surface area contributed by atoms with E-state index in [4.69, 9.17) is 17.3 Å². The molecule has 1 aromatic rings. The zero-order valence-corrected chi connectivity index (χ0v) is 11.9. The number of benzene rings is 1. The number of rotatable bonds is 3. The van der Waals surface area contributed by atoms with Crippen molar-refractivity contribution in [1.29, 1.82) is 0 Å². The standard InChI is InChI=1S/C14H20ClNS/c1-10-3-2-4-13(7-10)17-14-6-5-12(15)8-11(14)9-16/h5-6,8,10,13H,2-4,7,9,16H2,1H3. The Kier molecular flexibility index (Phi) is 4.78. The van der Waals surface area contributed by atoms with Crippen LogP contribution in [0, 0.1) is 5.92 Å². The molecular weight excluding hydrogens is 250 g/mol. The first-order valence-corrected chi connectivity index (χ1v) is 7.60. The predicted octanol–water partition coefficient (Wildman–Crippen LogP) is 4.47. The Bertz CT molecular complexity index is 380. The molecule has 1 fully saturated rings. The molecule has 94 valence electrons. The van der Waals surface area contributed by atoms with Gasteiger partial charge in [0.25, 0.3) is 0 Å². The van der Waals surface area contributed by atoms with Gasteiger partial charge in [-0.2, -0.15) is 0 Å². The van der Waals surface area contributed by atoms with Crippen LogP contribution in [0.5, 0.6) is 0 Å². The topological polar surface area (TPSA) is 26.0 Å². The molecule has 0 bridgehead atoms. The van der Waals surface area contributed by atoms with E-state index in [0.717, 1.165) is 16.2 Å². The fourth-order valence-electron chi connectivity index (χ4n) is 2.49. The van der Waals surface area contributed by atoms with Crippen molar-refractivity contribution in [3.63, 3.8) is 0 Å². The Labute approximate surface area is 113 Å². The Morgan fingerprint density at radius 1 is 1.41 bits per heavy atom. The van der Waals surface area contributed by atoms with Crippen molar-refractivity contribution >= 4 is 23.4 Å². The molecule has 17 heavy (non-hydrogen) atoms. The quantitative estimate of drug-likeness (QED) is 0.876. The summed E-state index contributed by atoms with van der Waals surface area (Å²) < 4.78 is 0. The lowest BCUT2D eigenvalue weighted by Gasteiger charge is -2.26.